The predicted octanol–water partition coefficient (Wildman–Crippen LogP) is 4.85. The standard InChI is InChI=1S/C14H14BrF3N2O/c1-3-6-19-9-7-11(14(16,17)18)20-13-8(15)4-5-10(21-2)12(9)13/h4-5,7H,3,6H2,1-2H3,(H,19,20). The number of aromatic nitrogens is 1. The van der Waals surface area contributed by atoms with Gasteiger partial charge in [0, 0.05) is 16.7 Å². The van der Waals surface area contributed by atoms with Crippen molar-refractivity contribution in [3.8, 4) is 5.75 Å². The van der Waals surface area contributed by atoms with E-state index in [4.69, 9.17) is 4.74 Å². The lowest BCUT2D eigenvalue weighted by Gasteiger charge is -2.16. The molecule has 21 heavy (non-hydrogen) atoms. The van der Waals surface area contributed by atoms with Crippen molar-refractivity contribution in [2.24, 2.45) is 0 Å². The summed E-state index contributed by atoms with van der Waals surface area (Å²) in [7, 11) is 1.48. The second-order valence-electron chi connectivity index (χ2n) is 4.45. The molecule has 0 saturated carbocycles. The molecule has 2 rings (SSSR count). The van der Waals surface area contributed by atoms with Crippen molar-refractivity contribution < 1.29 is 17.9 Å². The lowest BCUT2D eigenvalue weighted by atomic mass is 10.1. The molecule has 1 heterocycles. The summed E-state index contributed by atoms with van der Waals surface area (Å²) in [6.07, 6.45) is -3.71. The van der Waals surface area contributed by atoms with E-state index in [1.807, 2.05) is 6.92 Å². The van der Waals surface area contributed by atoms with Gasteiger partial charge in [-0.1, -0.05) is 6.92 Å². The van der Waals surface area contributed by atoms with E-state index in [1.54, 1.807) is 12.1 Å². The first kappa shape index (κ1) is 15.9. The molecule has 0 spiro atoms. The molecular weight excluding hydrogens is 349 g/mol. The molecule has 0 atom stereocenters. The highest BCUT2D eigenvalue weighted by Crippen LogP contribution is 2.39. The third-order valence-corrected chi connectivity index (χ3v) is 3.59. The van der Waals surface area contributed by atoms with E-state index < -0.39 is 11.9 Å². The van der Waals surface area contributed by atoms with E-state index in [1.165, 1.54) is 7.11 Å². The first-order valence-electron chi connectivity index (χ1n) is 6.36. The van der Waals surface area contributed by atoms with Gasteiger partial charge in [-0.15, -0.1) is 0 Å². The Labute approximate surface area is 128 Å². The molecule has 0 bridgehead atoms. The van der Waals surface area contributed by atoms with Gasteiger partial charge in [-0.25, -0.2) is 4.98 Å². The maximum Gasteiger partial charge on any atom is 0.433 e. The van der Waals surface area contributed by atoms with Gasteiger partial charge in [-0.3, -0.25) is 0 Å². The van der Waals surface area contributed by atoms with E-state index in [9.17, 15) is 13.2 Å². The normalized spacial score (nSPS) is 11.7. The van der Waals surface area contributed by atoms with Crippen molar-refractivity contribution in [2.75, 3.05) is 19.0 Å². The summed E-state index contributed by atoms with van der Waals surface area (Å²) in [4.78, 5) is 3.73. The minimum absolute atomic E-state index is 0.225. The molecule has 0 aliphatic heterocycles. The van der Waals surface area contributed by atoms with Crippen LogP contribution in [0.15, 0.2) is 22.7 Å². The van der Waals surface area contributed by atoms with Gasteiger partial charge >= 0.3 is 6.18 Å². The highest BCUT2D eigenvalue weighted by molar-refractivity contribution is 9.10. The van der Waals surface area contributed by atoms with Crippen LogP contribution in [0, 0.1) is 0 Å². The number of alkyl halides is 3. The monoisotopic (exact) mass is 362 g/mol. The van der Waals surface area contributed by atoms with Gasteiger partial charge in [0.2, 0.25) is 0 Å². The smallest absolute Gasteiger partial charge is 0.433 e. The first-order chi connectivity index (χ1) is 9.88. The van der Waals surface area contributed by atoms with Crippen LogP contribution in [-0.4, -0.2) is 18.6 Å². The van der Waals surface area contributed by atoms with Crippen LogP contribution in [-0.2, 0) is 6.18 Å². The molecular formula is C14H14BrF3N2O. The molecule has 1 aromatic heterocycles. The van der Waals surface area contributed by atoms with Gasteiger partial charge in [0.25, 0.3) is 0 Å². The number of nitrogens with zero attached hydrogens (tertiary/aromatic N) is 1. The van der Waals surface area contributed by atoms with Crippen LogP contribution in [0.2, 0.25) is 0 Å². The molecule has 0 aliphatic carbocycles. The number of fused-ring (bicyclic) bond motifs is 1. The van der Waals surface area contributed by atoms with Crippen molar-refractivity contribution in [1.29, 1.82) is 0 Å². The lowest BCUT2D eigenvalue weighted by molar-refractivity contribution is -0.140. The summed E-state index contributed by atoms with van der Waals surface area (Å²) >= 11 is 3.25. The molecule has 0 fully saturated rings. The third-order valence-electron chi connectivity index (χ3n) is 2.95. The highest BCUT2D eigenvalue weighted by Gasteiger charge is 2.34. The quantitative estimate of drug-likeness (QED) is 0.844. The predicted molar refractivity (Wildman–Crippen MR) is 79.8 cm³/mol. The molecule has 1 N–H and O–H groups in total. The molecule has 0 aliphatic rings. The van der Waals surface area contributed by atoms with Gasteiger partial charge in [0.05, 0.1) is 18.0 Å². The Morgan fingerprint density at radius 3 is 2.62 bits per heavy atom. The summed E-state index contributed by atoms with van der Waals surface area (Å²) in [5.74, 6) is 0.480. The van der Waals surface area contributed by atoms with E-state index in [2.05, 4.69) is 26.2 Å². The van der Waals surface area contributed by atoms with Gasteiger partial charge in [0.1, 0.15) is 11.4 Å². The van der Waals surface area contributed by atoms with Crippen LogP contribution in [0.25, 0.3) is 10.9 Å². The molecule has 0 amide bonds. The van der Waals surface area contributed by atoms with Gasteiger partial charge in [0.15, 0.2) is 0 Å². The Morgan fingerprint density at radius 1 is 1.33 bits per heavy atom. The summed E-state index contributed by atoms with van der Waals surface area (Å²) in [5.41, 5.74) is -0.336. The number of anilines is 1. The maximum atomic E-state index is 13.0. The van der Waals surface area contributed by atoms with Crippen LogP contribution >= 0.6 is 15.9 Å². The average Bonchev–Trinajstić information content (AvgIpc) is 2.44. The second-order valence-corrected chi connectivity index (χ2v) is 5.31. The van der Waals surface area contributed by atoms with E-state index in [0.717, 1.165) is 12.5 Å². The number of rotatable bonds is 4. The summed E-state index contributed by atoms with van der Waals surface area (Å²) in [6.45, 7) is 2.50. The average molecular weight is 363 g/mol. The minimum atomic E-state index is -4.50. The zero-order valence-electron chi connectivity index (χ0n) is 11.5. The van der Waals surface area contributed by atoms with Crippen molar-refractivity contribution >= 4 is 32.5 Å². The number of halogens is 4. The zero-order chi connectivity index (χ0) is 15.6. The van der Waals surface area contributed by atoms with E-state index >= 15 is 0 Å². The van der Waals surface area contributed by atoms with Crippen molar-refractivity contribution in [3.63, 3.8) is 0 Å². The lowest BCUT2D eigenvalue weighted by Crippen LogP contribution is -2.11. The molecule has 3 nitrogen and oxygen atoms in total. The summed E-state index contributed by atoms with van der Waals surface area (Å²) in [6, 6.07) is 4.34. The van der Waals surface area contributed by atoms with Crippen LogP contribution < -0.4 is 10.1 Å². The number of benzene rings is 1. The maximum absolute atomic E-state index is 13.0. The number of pyridine rings is 1. The topological polar surface area (TPSA) is 34.2 Å². The van der Waals surface area contributed by atoms with E-state index in [0.29, 0.717) is 27.8 Å². The van der Waals surface area contributed by atoms with Crippen molar-refractivity contribution in [1.82, 2.24) is 4.98 Å². The fourth-order valence-corrected chi connectivity index (χ4v) is 2.41. The molecule has 0 unspecified atom stereocenters. The Bertz CT molecular complexity index is 659. The summed E-state index contributed by atoms with van der Waals surface area (Å²) < 4.78 is 44.7. The van der Waals surface area contributed by atoms with Gasteiger partial charge in [-0.05, 0) is 40.5 Å². The van der Waals surface area contributed by atoms with Gasteiger partial charge in [-0.2, -0.15) is 13.2 Å². The SMILES string of the molecule is CCCNc1cc(C(F)(F)F)nc2c(Br)ccc(OC)c12. The van der Waals surface area contributed by atoms with Gasteiger partial charge < -0.3 is 10.1 Å². The molecule has 1 aromatic carbocycles. The Balaban J connectivity index is 2.77. The minimum Gasteiger partial charge on any atom is -0.496 e. The molecule has 2 aromatic rings. The Kier molecular flexibility index (Phi) is 4.61. The third kappa shape index (κ3) is 3.23. The Morgan fingerprint density at radius 2 is 2.05 bits per heavy atom. The highest BCUT2D eigenvalue weighted by atomic mass is 79.9. The van der Waals surface area contributed by atoms with Crippen LogP contribution in [0.3, 0.4) is 0 Å². The number of hydrogen-bond donors (Lipinski definition) is 1. The molecule has 0 radical (unpaired) electrons. The number of nitrogens with one attached hydrogen (secondary N) is 1. The van der Waals surface area contributed by atoms with Crippen LogP contribution in [0.4, 0.5) is 18.9 Å². The largest absolute Gasteiger partial charge is 0.496 e. The molecule has 0 saturated heterocycles. The van der Waals surface area contributed by atoms with Crippen molar-refractivity contribution in [3.05, 3.63) is 28.4 Å². The molecule has 7 heteroatoms. The van der Waals surface area contributed by atoms with Crippen molar-refractivity contribution in [2.45, 2.75) is 19.5 Å². The van der Waals surface area contributed by atoms with E-state index in [-0.39, 0.29) is 5.52 Å². The second kappa shape index (κ2) is 6.09. The number of ether oxygens (including phenoxy) is 1. The Hall–Kier alpha value is -1.50. The van der Waals surface area contributed by atoms with Crippen LogP contribution in [0.1, 0.15) is 19.0 Å². The van der Waals surface area contributed by atoms with Crippen LogP contribution in [0.5, 0.6) is 5.75 Å². The zero-order valence-corrected chi connectivity index (χ0v) is 13.1. The summed E-state index contributed by atoms with van der Waals surface area (Å²) in [5, 5.41) is 3.55. The fourth-order valence-electron chi connectivity index (χ4n) is 1.99. The first-order valence-corrected chi connectivity index (χ1v) is 7.16. The fraction of sp³-hybridized carbons (Fsp3) is 0.357. The number of hydrogen-bond acceptors (Lipinski definition) is 3. The number of methoxy groups -OCH3 is 1. The molecule has 114 valence electrons.